The fourth-order valence-electron chi connectivity index (χ4n) is 2.77. The summed E-state index contributed by atoms with van der Waals surface area (Å²) < 4.78 is 9.79. The largest absolute Gasteiger partial charge is 0.466 e. The van der Waals surface area contributed by atoms with Crippen molar-refractivity contribution in [2.24, 2.45) is 5.92 Å². The SMILES string of the molecule is COC(=O)C1=C(C)NC(C)=C(C(=O)OC)C1C=Cc1ccccc1. The van der Waals surface area contributed by atoms with Gasteiger partial charge in [0.1, 0.15) is 0 Å². The minimum Gasteiger partial charge on any atom is -0.466 e. The van der Waals surface area contributed by atoms with Gasteiger partial charge in [-0.25, -0.2) is 9.59 Å². The highest BCUT2D eigenvalue weighted by Crippen LogP contribution is 2.32. The number of hydrogen-bond acceptors (Lipinski definition) is 5. The lowest BCUT2D eigenvalue weighted by Gasteiger charge is -2.27. The molecule has 0 unspecified atom stereocenters. The number of methoxy groups -OCH3 is 2. The van der Waals surface area contributed by atoms with Gasteiger partial charge in [-0.2, -0.15) is 0 Å². The van der Waals surface area contributed by atoms with E-state index in [2.05, 4.69) is 5.32 Å². The fraction of sp³-hybridized carbons (Fsp3) is 0.263. The van der Waals surface area contributed by atoms with Crippen LogP contribution in [0.15, 0.2) is 58.9 Å². The Kier molecular flexibility index (Phi) is 5.58. The number of carbonyl (C=O) groups excluding carboxylic acids is 2. The van der Waals surface area contributed by atoms with Crippen molar-refractivity contribution in [3.8, 4) is 0 Å². The van der Waals surface area contributed by atoms with Gasteiger partial charge in [-0.3, -0.25) is 0 Å². The topological polar surface area (TPSA) is 64.6 Å². The Morgan fingerprint density at radius 3 is 1.92 bits per heavy atom. The highest BCUT2D eigenvalue weighted by atomic mass is 16.5. The quantitative estimate of drug-likeness (QED) is 0.862. The summed E-state index contributed by atoms with van der Waals surface area (Å²) in [5.41, 5.74) is 3.09. The summed E-state index contributed by atoms with van der Waals surface area (Å²) in [5, 5.41) is 3.06. The Labute approximate surface area is 141 Å². The second-order valence-electron chi connectivity index (χ2n) is 5.43. The first-order valence-corrected chi connectivity index (χ1v) is 7.58. The standard InChI is InChI=1S/C19H21NO4/c1-12-16(18(21)23-3)15(11-10-14-8-6-5-7-9-14)17(13(2)20-12)19(22)24-4/h5-11,15,20H,1-4H3. The molecule has 0 spiro atoms. The summed E-state index contributed by atoms with van der Waals surface area (Å²) in [4.78, 5) is 24.5. The van der Waals surface area contributed by atoms with Gasteiger partial charge in [-0.1, -0.05) is 42.5 Å². The van der Waals surface area contributed by atoms with Crippen LogP contribution in [0.3, 0.4) is 0 Å². The van der Waals surface area contributed by atoms with Crippen molar-refractivity contribution in [3.05, 3.63) is 64.5 Å². The van der Waals surface area contributed by atoms with Crippen LogP contribution in [-0.4, -0.2) is 26.2 Å². The lowest BCUT2D eigenvalue weighted by atomic mass is 9.85. The predicted molar refractivity (Wildman–Crippen MR) is 91.5 cm³/mol. The van der Waals surface area contributed by atoms with Crippen molar-refractivity contribution in [2.45, 2.75) is 13.8 Å². The predicted octanol–water partition coefficient (Wildman–Crippen LogP) is 2.81. The van der Waals surface area contributed by atoms with Gasteiger partial charge < -0.3 is 14.8 Å². The molecular weight excluding hydrogens is 306 g/mol. The summed E-state index contributed by atoms with van der Waals surface area (Å²) in [7, 11) is 2.65. The Morgan fingerprint density at radius 1 is 0.958 bits per heavy atom. The molecule has 0 saturated heterocycles. The normalized spacial score (nSPS) is 15.5. The van der Waals surface area contributed by atoms with Crippen molar-refractivity contribution in [1.29, 1.82) is 0 Å². The first-order valence-electron chi connectivity index (χ1n) is 7.58. The second kappa shape index (κ2) is 7.64. The molecule has 1 heterocycles. The summed E-state index contributed by atoms with van der Waals surface area (Å²) in [6.07, 6.45) is 3.70. The number of nitrogens with one attached hydrogen (secondary N) is 1. The number of rotatable bonds is 4. The maximum Gasteiger partial charge on any atom is 0.336 e. The molecule has 24 heavy (non-hydrogen) atoms. The molecule has 1 aromatic rings. The molecule has 126 valence electrons. The van der Waals surface area contributed by atoms with Crippen LogP contribution in [0.5, 0.6) is 0 Å². The minimum atomic E-state index is -0.536. The van der Waals surface area contributed by atoms with Gasteiger partial charge in [-0.05, 0) is 19.4 Å². The number of esters is 2. The number of allylic oxidation sites excluding steroid dienone is 3. The van der Waals surface area contributed by atoms with Gasteiger partial charge >= 0.3 is 11.9 Å². The number of dihydropyridines is 1. The monoisotopic (exact) mass is 327 g/mol. The fourth-order valence-corrected chi connectivity index (χ4v) is 2.77. The van der Waals surface area contributed by atoms with Crippen LogP contribution >= 0.6 is 0 Å². The molecule has 2 rings (SSSR count). The summed E-state index contributed by atoms with van der Waals surface area (Å²) >= 11 is 0. The van der Waals surface area contributed by atoms with Crippen molar-refractivity contribution in [3.63, 3.8) is 0 Å². The third kappa shape index (κ3) is 3.56. The maximum atomic E-state index is 12.2. The first kappa shape index (κ1) is 17.5. The third-order valence-electron chi connectivity index (χ3n) is 3.90. The highest BCUT2D eigenvalue weighted by Gasteiger charge is 2.34. The molecule has 0 atom stereocenters. The Hall–Kier alpha value is -2.82. The molecule has 1 aliphatic heterocycles. The Bertz CT molecular complexity index is 691. The molecule has 0 aliphatic carbocycles. The molecule has 1 aliphatic rings. The highest BCUT2D eigenvalue weighted by molar-refractivity contribution is 5.98. The molecular formula is C19H21NO4. The molecule has 5 nitrogen and oxygen atoms in total. The van der Waals surface area contributed by atoms with Crippen LogP contribution in [-0.2, 0) is 19.1 Å². The molecule has 1 N–H and O–H groups in total. The van der Waals surface area contributed by atoms with Crippen molar-refractivity contribution >= 4 is 18.0 Å². The van der Waals surface area contributed by atoms with Crippen LogP contribution in [0.25, 0.3) is 6.08 Å². The molecule has 0 fully saturated rings. The van der Waals surface area contributed by atoms with E-state index in [0.717, 1.165) is 5.56 Å². The number of benzene rings is 1. The van der Waals surface area contributed by atoms with Crippen molar-refractivity contribution in [2.75, 3.05) is 14.2 Å². The molecule has 0 amide bonds. The van der Waals surface area contributed by atoms with Crippen LogP contribution in [0.2, 0.25) is 0 Å². The average molecular weight is 327 g/mol. The van der Waals surface area contributed by atoms with Crippen molar-refractivity contribution in [1.82, 2.24) is 5.32 Å². The summed E-state index contributed by atoms with van der Waals surface area (Å²) in [6.45, 7) is 3.57. The van der Waals surface area contributed by atoms with Crippen LogP contribution in [0.4, 0.5) is 0 Å². The molecule has 0 radical (unpaired) electrons. The molecule has 1 aromatic carbocycles. The number of carbonyl (C=O) groups is 2. The number of hydrogen-bond donors (Lipinski definition) is 1. The van der Waals surface area contributed by atoms with Crippen LogP contribution < -0.4 is 5.32 Å². The van der Waals surface area contributed by atoms with E-state index in [1.807, 2.05) is 42.5 Å². The summed E-state index contributed by atoms with van der Waals surface area (Å²) in [5.74, 6) is -1.49. The van der Waals surface area contributed by atoms with E-state index in [9.17, 15) is 9.59 Å². The first-order chi connectivity index (χ1) is 11.5. The van der Waals surface area contributed by atoms with Gasteiger partial charge in [-0.15, -0.1) is 0 Å². The lowest BCUT2D eigenvalue weighted by molar-refractivity contribution is -0.137. The van der Waals surface area contributed by atoms with E-state index < -0.39 is 17.9 Å². The van der Waals surface area contributed by atoms with E-state index in [0.29, 0.717) is 22.5 Å². The van der Waals surface area contributed by atoms with E-state index in [-0.39, 0.29) is 0 Å². The minimum absolute atomic E-state index is 0.399. The smallest absolute Gasteiger partial charge is 0.336 e. The number of ether oxygens (including phenoxy) is 2. The molecule has 0 aromatic heterocycles. The zero-order valence-corrected chi connectivity index (χ0v) is 14.3. The van der Waals surface area contributed by atoms with Gasteiger partial charge in [0.05, 0.1) is 25.4 Å². The Morgan fingerprint density at radius 2 is 1.46 bits per heavy atom. The zero-order chi connectivity index (χ0) is 17.7. The molecule has 0 bridgehead atoms. The van der Waals surface area contributed by atoms with E-state index in [1.165, 1.54) is 14.2 Å². The van der Waals surface area contributed by atoms with Gasteiger partial charge in [0, 0.05) is 17.3 Å². The lowest BCUT2D eigenvalue weighted by Crippen LogP contribution is -2.32. The Balaban J connectivity index is 2.51. The summed E-state index contributed by atoms with van der Waals surface area (Å²) in [6, 6.07) is 9.66. The third-order valence-corrected chi connectivity index (χ3v) is 3.90. The van der Waals surface area contributed by atoms with Crippen molar-refractivity contribution < 1.29 is 19.1 Å². The van der Waals surface area contributed by atoms with E-state index in [4.69, 9.17) is 9.47 Å². The van der Waals surface area contributed by atoms with Gasteiger partial charge in [0.25, 0.3) is 0 Å². The molecule has 5 heteroatoms. The van der Waals surface area contributed by atoms with Crippen LogP contribution in [0, 0.1) is 5.92 Å². The van der Waals surface area contributed by atoms with Gasteiger partial charge in [0.2, 0.25) is 0 Å². The second-order valence-corrected chi connectivity index (χ2v) is 5.43. The average Bonchev–Trinajstić information content (AvgIpc) is 2.59. The van der Waals surface area contributed by atoms with E-state index in [1.54, 1.807) is 13.8 Å². The van der Waals surface area contributed by atoms with Crippen LogP contribution in [0.1, 0.15) is 19.4 Å². The van der Waals surface area contributed by atoms with Gasteiger partial charge in [0.15, 0.2) is 0 Å². The maximum absolute atomic E-state index is 12.2. The van der Waals surface area contributed by atoms with E-state index >= 15 is 0 Å². The zero-order valence-electron chi connectivity index (χ0n) is 14.3. The molecule has 0 saturated carbocycles.